The SMILES string of the molecule is CCNCc1cnc(-c2ccccc2[N+](=O)[O-])s1. The molecule has 0 fully saturated rings. The van der Waals surface area contributed by atoms with Gasteiger partial charge in [-0.05, 0) is 12.6 Å². The first-order chi connectivity index (χ1) is 8.72. The van der Waals surface area contributed by atoms with E-state index in [4.69, 9.17) is 0 Å². The van der Waals surface area contributed by atoms with Gasteiger partial charge in [-0.15, -0.1) is 11.3 Å². The predicted octanol–water partition coefficient (Wildman–Crippen LogP) is 2.83. The molecule has 0 amide bonds. The molecule has 5 nitrogen and oxygen atoms in total. The summed E-state index contributed by atoms with van der Waals surface area (Å²) < 4.78 is 0. The number of hydrogen-bond acceptors (Lipinski definition) is 5. The van der Waals surface area contributed by atoms with Crippen LogP contribution in [0.2, 0.25) is 0 Å². The fraction of sp³-hybridized carbons (Fsp3) is 0.250. The van der Waals surface area contributed by atoms with Crippen LogP contribution in [0, 0.1) is 10.1 Å². The minimum absolute atomic E-state index is 0.0989. The van der Waals surface area contributed by atoms with Crippen molar-refractivity contribution >= 4 is 17.0 Å². The van der Waals surface area contributed by atoms with Gasteiger partial charge < -0.3 is 5.32 Å². The Balaban J connectivity index is 2.31. The molecule has 0 aliphatic heterocycles. The molecule has 0 radical (unpaired) electrons. The van der Waals surface area contributed by atoms with E-state index in [1.165, 1.54) is 17.4 Å². The van der Waals surface area contributed by atoms with E-state index >= 15 is 0 Å². The maximum Gasteiger partial charge on any atom is 0.279 e. The number of hydrogen-bond donors (Lipinski definition) is 1. The zero-order valence-electron chi connectivity index (χ0n) is 9.92. The van der Waals surface area contributed by atoms with Crippen molar-refractivity contribution in [2.24, 2.45) is 0 Å². The Morgan fingerprint density at radius 3 is 2.94 bits per heavy atom. The number of thiazole rings is 1. The zero-order valence-corrected chi connectivity index (χ0v) is 10.7. The molecule has 0 saturated heterocycles. The summed E-state index contributed by atoms with van der Waals surface area (Å²) >= 11 is 1.48. The van der Waals surface area contributed by atoms with Gasteiger partial charge in [-0.1, -0.05) is 19.1 Å². The van der Waals surface area contributed by atoms with Crippen LogP contribution in [-0.2, 0) is 6.54 Å². The van der Waals surface area contributed by atoms with Gasteiger partial charge in [-0.2, -0.15) is 0 Å². The average Bonchev–Trinajstić information content (AvgIpc) is 2.85. The van der Waals surface area contributed by atoms with E-state index in [-0.39, 0.29) is 10.6 Å². The van der Waals surface area contributed by atoms with Crippen LogP contribution in [0.5, 0.6) is 0 Å². The Morgan fingerprint density at radius 2 is 2.22 bits per heavy atom. The van der Waals surface area contributed by atoms with E-state index in [2.05, 4.69) is 10.3 Å². The van der Waals surface area contributed by atoms with Gasteiger partial charge in [-0.25, -0.2) is 4.98 Å². The highest BCUT2D eigenvalue weighted by Gasteiger charge is 2.16. The minimum atomic E-state index is -0.374. The summed E-state index contributed by atoms with van der Waals surface area (Å²) in [5.41, 5.74) is 0.678. The molecular formula is C12H13N3O2S. The summed E-state index contributed by atoms with van der Waals surface area (Å²) in [5.74, 6) is 0. The van der Waals surface area contributed by atoms with E-state index in [0.29, 0.717) is 10.6 Å². The molecule has 94 valence electrons. The highest BCUT2D eigenvalue weighted by atomic mass is 32.1. The second kappa shape index (κ2) is 5.70. The summed E-state index contributed by atoms with van der Waals surface area (Å²) in [4.78, 5) is 15.9. The topological polar surface area (TPSA) is 68.1 Å². The Kier molecular flexibility index (Phi) is 4.01. The molecule has 0 bridgehead atoms. The third kappa shape index (κ3) is 2.72. The van der Waals surface area contributed by atoms with Crippen molar-refractivity contribution in [1.82, 2.24) is 10.3 Å². The summed E-state index contributed by atoms with van der Waals surface area (Å²) in [5, 5.41) is 14.8. The fourth-order valence-electron chi connectivity index (χ4n) is 1.58. The summed E-state index contributed by atoms with van der Waals surface area (Å²) in [6, 6.07) is 6.68. The lowest BCUT2D eigenvalue weighted by Crippen LogP contribution is -2.10. The number of benzene rings is 1. The van der Waals surface area contributed by atoms with Crippen molar-refractivity contribution in [3.63, 3.8) is 0 Å². The quantitative estimate of drug-likeness (QED) is 0.665. The molecule has 0 unspecified atom stereocenters. The van der Waals surface area contributed by atoms with Crippen LogP contribution < -0.4 is 5.32 Å². The molecule has 2 aromatic rings. The number of rotatable bonds is 5. The first-order valence-electron chi connectivity index (χ1n) is 5.61. The van der Waals surface area contributed by atoms with Gasteiger partial charge in [0.1, 0.15) is 5.01 Å². The van der Waals surface area contributed by atoms with Crippen molar-refractivity contribution < 1.29 is 4.92 Å². The van der Waals surface area contributed by atoms with Crippen molar-refractivity contribution in [1.29, 1.82) is 0 Å². The number of nitrogens with one attached hydrogen (secondary N) is 1. The molecule has 0 aliphatic rings. The van der Waals surface area contributed by atoms with Crippen LogP contribution in [0.1, 0.15) is 11.8 Å². The summed E-state index contributed by atoms with van der Waals surface area (Å²) in [7, 11) is 0. The first-order valence-corrected chi connectivity index (χ1v) is 6.43. The Hall–Kier alpha value is -1.79. The molecule has 0 spiro atoms. The number of nitro benzene ring substituents is 1. The molecule has 1 aromatic heterocycles. The van der Waals surface area contributed by atoms with Gasteiger partial charge in [0.25, 0.3) is 5.69 Å². The molecule has 0 atom stereocenters. The maximum atomic E-state index is 10.9. The average molecular weight is 263 g/mol. The normalized spacial score (nSPS) is 10.5. The molecule has 1 heterocycles. The number of nitrogens with zero attached hydrogens (tertiary/aromatic N) is 2. The lowest BCUT2D eigenvalue weighted by atomic mass is 10.2. The van der Waals surface area contributed by atoms with E-state index in [9.17, 15) is 10.1 Å². The molecule has 1 aromatic carbocycles. The summed E-state index contributed by atoms with van der Waals surface area (Å²) in [6.07, 6.45) is 1.76. The molecule has 1 N–H and O–H groups in total. The highest BCUT2D eigenvalue weighted by molar-refractivity contribution is 7.15. The third-order valence-corrected chi connectivity index (χ3v) is 3.46. The smallest absolute Gasteiger partial charge is 0.279 e. The van der Waals surface area contributed by atoms with Gasteiger partial charge in [0, 0.05) is 23.7 Å². The largest absolute Gasteiger partial charge is 0.312 e. The fourth-order valence-corrected chi connectivity index (χ4v) is 2.49. The Morgan fingerprint density at radius 1 is 1.44 bits per heavy atom. The summed E-state index contributed by atoms with van der Waals surface area (Å²) in [6.45, 7) is 3.66. The third-order valence-electron chi connectivity index (χ3n) is 2.43. The molecule has 6 heteroatoms. The van der Waals surface area contributed by atoms with Crippen LogP contribution >= 0.6 is 11.3 Å². The van der Waals surface area contributed by atoms with Crippen LogP contribution in [-0.4, -0.2) is 16.5 Å². The van der Waals surface area contributed by atoms with Gasteiger partial charge in [0.2, 0.25) is 0 Å². The molecule has 0 aliphatic carbocycles. The second-order valence-corrected chi connectivity index (χ2v) is 4.80. The predicted molar refractivity (Wildman–Crippen MR) is 71.6 cm³/mol. The lowest BCUT2D eigenvalue weighted by molar-refractivity contribution is -0.384. The van der Waals surface area contributed by atoms with Gasteiger partial charge in [0.05, 0.1) is 10.5 Å². The monoisotopic (exact) mass is 263 g/mol. The number of para-hydroxylation sites is 1. The Labute approximate surface area is 109 Å². The lowest BCUT2D eigenvalue weighted by Gasteiger charge is -1.98. The number of nitro groups is 1. The van der Waals surface area contributed by atoms with Gasteiger partial charge in [-0.3, -0.25) is 10.1 Å². The standard InChI is InChI=1S/C12H13N3O2S/c1-2-13-7-9-8-14-12(18-9)10-5-3-4-6-11(10)15(16)17/h3-6,8,13H,2,7H2,1H3. The molecule has 18 heavy (non-hydrogen) atoms. The Bertz CT molecular complexity index is 554. The highest BCUT2D eigenvalue weighted by Crippen LogP contribution is 2.32. The number of aromatic nitrogens is 1. The van der Waals surface area contributed by atoms with Gasteiger partial charge >= 0.3 is 0 Å². The van der Waals surface area contributed by atoms with E-state index in [1.54, 1.807) is 24.4 Å². The van der Waals surface area contributed by atoms with Crippen LogP contribution in [0.25, 0.3) is 10.6 Å². The van der Waals surface area contributed by atoms with Crippen LogP contribution in [0.4, 0.5) is 5.69 Å². The minimum Gasteiger partial charge on any atom is -0.312 e. The maximum absolute atomic E-state index is 10.9. The molecule has 2 rings (SSSR count). The van der Waals surface area contributed by atoms with Crippen molar-refractivity contribution in [2.75, 3.05) is 6.54 Å². The van der Waals surface area contributed by atoms with E-state index < -0.39 is 0 Å². The molecular weight excluding hydrogens is 250 g/mol. The van der Waals surface area contributed by atoms with Crippen LogP contribution in [0.3, 0.4) is 0 Å². The van der Waals surface area contributed by atoms with Crippen molar-refractivity contribution in [2.45, 2.75) is 13.5 Å². The first kappa shape index (κ1) is 12.7. The van der Waals surface area contributed by atoms with Gasteiger partial charge in [0.15, 0.2) is 0 Å². The van der Waals surface area contributed by atoms with E-state index in [1.807, 2.05) is 6.92 Å². The second-order valence-electron chi connectivity index (χ2n) is 3.69. The van der Waals surface area contributed by atoms with Crippen molar-refractivity contribution in [3.05, 3.63) is 45.5 Å². The van der Waals surface area contributed by atoms with Crippen LogP contribution in [0.15, 0.2) is 30.5 Å². The molecule has 0 saturated carbocycles. The van der Waals surface area contributed by atoms with E-state index in [0.717, 1.165) is 18.0 Å². The van der Waals surface area contributed by atoms with Crippen molar-refractivity contribution in [3.8, 4) is 10.6 Å². The zero-order chi connectivity index (χ0) is 13.0.